The van der Waals surface area contributed by atoms with E-state index >= 15 is 0 Å². The molecule has 0 spiro atoms. The summed E-state index contributed by atoms with van der Waals surface area (Å²) in [5.74, 6) is 0. The van der Waals surface area contributed by atoms with Gasteiger partial charge in [0.1, 0.15) is 11.0 Å². The summed E-state index contributed by atoms with van der Waals surface area (Å²) in [6.07, 6.45) is 0. The first kappa shape index (κ1) is 19.0. The van der Waals surface area contributed by atoms with Crippen molar-refractivity contribution in [3.63, 3.8) is 0 Å². The van der Waals surface area contributed by atoms with Crippen molar-refractivity contribution in [3.05, 3.63) is 44.4 Å². The fraction of sp³-hybridized carbons (Fsp3) is 0.222. The second kappa shape index (κ2) is 7.35. The van der Waals surface area contributed by atoms with E-state index < -0.39 is 0 Å². The zero-order valence-corrected chi connectivity index (χ0v) is 18.9. The van der Waals surface area contributed by atoms with Gasteiger partial charge in [-0.25, -0.2) is 9.97 Å². The molecule has 0 radical (unpaired) electrons. The van der Waals surface area contributed by atoms with E-state index in [9.17, 15) is 0 Å². The summed E-state index contributed by atoms with van der Waals surface area (Å²) in [6, 6.07) is 7.29. The second-order valence-corrected chi connectivity index (χ2v) is 10.1. The molecule has 1 fully saturated rings. The van der Waals surface area contributed by atoms with Crippen LogP contribution < -0.4 is 9.80 Å². The molecule has 0 bridgehead atoms. The Morgan fingerprint density at radius 3 is 1.43 bits per heavy atom. The molecule has 3 heterocycles. The number of nitrogens with zero attached hydrogens (tertiary/aromatic N) is 4. The van der Waals surface area contributed by atoms with Gasteiger partial charge in [0, 0.05) is 36.2 Å². The van der Waals surface area contributed by atoms with Gasteiger partial charge in [-0.15, -0.1) is 0 Å². The molecule has 1 saturated heterocycles. The van der Waals surface area contributed by atoms with E-state index in [0.717, 1.165) is 56.9 Å². The van der Waals surface area contributed by atoms with Crippen molar-refractivity contribution in [2.75, 3.05) is 36.0 Å². The molecule has 4 nitrogen and oxygen atoms in total. The Labute approximate surface area is 189 Å². The lowest BCUT2D eigenvalue weighted by molar-refractivity contribution is 0.651. The largest absolute Gasteiger partial charge is 0.345 e. The Morgan fingerprint density at radius 2 is 1.04 bits per heavy atom. The van der Waals surface area contributed by atoms with Crippen molar-refractivity contribution < 1.29 is 0 Å². The highest BCUT2D eigenvalue weighted by Gasteiger charge is 2.23. The second-order valence-electron chi connectivity index (χ2n) is 6.44. The first-order valence-corrected chi connectivity index (χ1v) is 11.6. The topological polar surface area (TPSA) is 32.3 Å². The van der Waals surface area contributed by atoms with E-state index in [1.807, 2.05) is 12.1 Å². The quantitative estimate of drug-likeness (QED) is 0.308. The minimum atomic E-state index is 0.591. The summed E-state index contributed by atoms with van der Waals surface area (Å²) in [4.78, 5) is 14.0. The molecule has 0 atom stereocenters. The number of rotatable bonds is 2. The molecule has 0 N–H and O–H groups in total. The maximum absolute atomic E-state index is 6.29. The lowest BCUT2D eigenvalue weighted by Crippen LogP contribution is -2.46. The molecular formula is C18H12Cl4N4S2. The summed E-state index contributed by atoms with van der Waals surface area (Å²) in [5, 5.41) is 4.39. The van der Waals surface area contributed by atoms with E-state index in [1.54, 1.807) is 34.8 Å². The summed E-state index contributed by atoms with van der Waals surface area (Å²) in [5.41, 5.74) is 1.62. The number of thiazole rings is 2. The lowest BCUT2D eigenvalue weighted by Gasteiger charge is -2.34. The molecule has 0 amide bonds. The van der Waals surface area contributed by atoms with Gasteiger partial charge in [0.2, 0.25) is 0 Å². The van der Waals surface area contributed by atoms with Crippen LogP contribution >= 0.6 is 69.1 Å². The van der Waals surface area contributed by atoms with E-state index in [2.05, 4.69) is 9.80 Å². The minimum absolute atomic E-state index is 0.591. The molecule has 5 rings (SSSR count). The van der Waals surface area contributed by atoms with Crippen molar-refractivity contribution in [1.82, 2.24) is 9.97 Å². The number of benzene rings is 2. The minimum Gasteiger partial charge on any atom is -0.345 e. The zero-order chi connectivity index (χ0) is 19.4. The summed E-state index contributed by atoms with van der Waals surface area (Å²) < 4.78 is 2.01. The number of fused-ring (bicyclic) bond motifs is 2. The lowest BCUT2D eigenvalue weighted by atomic mass is 10.3. The van der Waals surface area contributed by atoms with Crippen molar-refractivity contribution >= 4 is 99.8 Å². The van der Waals surface area contributed by atoms with Gasteiger partial charge < -0.3 is 9.80 Å². The van der Waals surface area contributed by atoms with Crippen molar-refractivity contribution in [3.8, 4) is 0 Å². The number of hydrogen-bond donors (Lipinski definition) is 0. The first-order chi connectivity index (χ1) is 13.5. The van der Waals surface area contributed by atoms with Gasteiger partial charge in [-0.3, -0.25) is 0 Å². The van der Waals surface area contributed by atoms with Crippen molar-refractivity contribution in [2.24, 2.45) is 0 Å². The predicted molar refractivity (Wildman–Crippen MR) is 124 cm³/mol. The molecule has 2 aromatic heterocycles. The Bertz CT molecular complexity index is 1100. The Kier molecular flexibility index (Phi) is 4.98. The van der Waals surface area contributed by atoms with Gasteiger partial charge in [0.15, 0.2) is 10.3 Å². The maximum Gasteiger partial charge on any atom is 0.186 e. The van der Waals surface area contributed by atoms with Crippen LogP contribution in [-0.4, -0.2) is 36.1 Å². The SMILES string of the molecule is Clc1cc(Cl)c2nc(N3CCN(c4nc5c(Cl)cc(Cl)cc5s4)CC3)sc2c1. The van der Waals surface area contributed by atoms with Crippen LogP contribution in [0, 0.1) is 0 Å². The molecule has 1 aliphatic heterocycles. The van der Waals surface area contributed by atoms with Crippen LogP contribution in [0.15, 0.2) is 24.3 Å². The molecule has 1 aliphatic rings. The first-order valence-electron chi connectivity index (χ1n) is 8.49. The van der Waals surface area contributed by atoms with Crippen LogP contribution in [0.3, 0.4) is 0 Å². The number of piperazine rings is 1. The van der Waals surface area contributed by atoms with Gasteiger partial charge >= 0.3 is 0 Å². The Balaban J connectivity index is 1.36. The average molecular weight is 490 g/mol. The monoisotopic (exact) mass is 488 g/mol. The standard InChI is InChI=1S/C18H12Cl4N4S2/c19-9-5-11(21)15-13(7-9)27-17(23-15)25-1-2-26(4-3-25)18-24-16-12(22)6-10(20)8-14(16)28-18/h5-8H,1-4H2. The van der Waals surface area contributed by atoms with Gasteiger partial charge in [-0.1, -0.05) is 69.1 Å². The normalized spacial score (nSPS) is 15.1. The summed E-state index contributed by atoms with van der Waals surface area (Å²) in [7, 11) is 0. The van der Waals surface area contributed by atoms with Crippen LogP contribution in [0.25, 0.3) is 20.4 Å². The fourth-order valence-electron chi connectivity index (χ4n) is 3.25. The molecule has 0 aliphatic carbocycles. The fourth-order valence-corrected chi connectivity index (χ4v) is 6.73. The van der Waals surface area contributed by atoms with Crippen LogP contribution in [-0.2, 0) is 0 Å². The third kappa shape index (κ3) is 3.40. The smallest absolute Gasteiger partial charge is 0.186 e. The number of halogens is 4. The molecule has 2 aromatic carbocycles. The molecular weight excluding hydrogens is 478 g/mol. The highest BCUT2D eigenvalue weighted by Crippen LogP contribution is 2.38. The van der Waals surface area contributed by atoms with E-state index in [-0.39, 0.29) is 0 Å². The predicted octanol–water partition coefficient (Wildman–Crippen LogP) is 6.85. The van der Waals surface area contributed by atoms with Gasteiger partial charge in [-0.2, -0.15) is 0 Å². The summed E-state index contributed by atoms with van der Waals surface area (Å²) in [6.45, 7) is 3.43. The average Bonchev–Trinajstić information content (AvgIpc) is 3.26. The Hall–Kier alpha value is -1.02. The van der Waals surface area contributed by atoms with Gasteiger partial charge in [0.05, 0.1) is 19.4 Å². The number of anilines is 2. The number of aromatic nitrogens is 2. The highest BCUT2D eigenvalue weighted by molar-refractivity contribution is 7.22. The van der Waals surface area contributed by atoms with E-state index in [0.29, 0.717) is 20.1 Å². The van der Waals surface area contributed by atoms with Crippen LogP contribution in [0.1, 0.15) is 0 Å². The van der Waals surface area contributed by atoms with E-state index in [1.165, 1.54) is 0 Å². The molecule has 10 heteroatoms. The zero-order valence-electron chi connectivity index (χ0n) is 14.3. The van der Waals surface area contributed by atoms with Gasteiger partial charge in [0.25, 0.3) is 0 Å². The van der Waals surface area contributed by atoms with Crippen LogP contribution in [0.2, 0.25) is 20.1 Å². The summed E-state index contributed by atoms with van der Waals surface area (Å²) >= 11 is 28.0. The third-order valence-electron chi connectivity index (χ3n) is 4.62. The molecule has 0 unspecified atom stereocenters. The van der Waals surface area contributed by atoms with Crippen LogP contribution in [0.4, 0.5) is 10.3 Å². The third-order valence-corrected chi connectivity index (χ3v) is 7.76. The highest BCUT2D eigenvalue weighted by atomic mass is 35.5. The maximum atomic E-state index is 6.29. The Morgan fingerprint density at radius 1 is 0.643 bits per heavy atom. The number of hydrogen-bond acceptors (Lipinski definition) is 6. The van der Waals surface area contributed by atoms with E-state index in [4.69, 9.17) is 56.4 Å². The molecule has 4 aromatic rings. The van der Waals surface area contributed by atoms with Crippen LogP contribution in [0.5, 0.6) is 0 Å². The van der Waals surface area contributed by atoms with Crippen molar-refractivity contribution in [2.45, 2.75) is 0 Å². The van der Waals surface area contributed by atoms with Crippen molar-refractivity contribution in [1.29, 1.82) is 0 Å². The molecule has 144 valence electrons. The molecule has 0 saturated carbocycles. The molecule has 28 heavy (non-hydrogen) atoms. The van der Waals surface area contributed by atoms with Gasteiger partial charge in [-0.05, 0) is 24.3 Å².